The Kier molecular flexibility index (Phi) is 4.28. The zero-order valence-corrected chi connectivity index (χ0v) is 9.79. The van der Waals surface area contributed by atoms with Crippen molar-refractivity contribution in [1.29, 1.82) is 0 Å². The van der Waals surface area contributed by atoms with Crippen LogP contribution in [0.3, 0.4) is 0 Å². The van der Waals surface area contributed by atoms with Crippen LogP contribution < -0.4 is 4.90 Å². The Hall–Kier alpha value is -1.58. The lowest BCUT2D eigenvalue weighted by Crippen LogP contribution is -2.27. The molecule has 0 amide bonds. The molecule has 0 fully saturated rings. The average Bonchev–Trinajstić information content (AvgIpc) is 2.22. The van der Waals surface area contributed by atoms with Crippen LogP contribution in [0.1, 0.15) is 12.5 Å². The van der Waals surface area contributed by atoms with Gasteiger partial charge in [-0.1, -0.05) is 0 Å². The Morgan fingerprint density at radius 3 is 2.75 bits per heavy atom. The molecule has 0 bridgehead atoms. The van der Waals surface area contributed by atoms with Crippen molar-refractivity contribution in [1.82, 2.24) is 0 Å². The van der Waals surface area contributed by atoms with Crippen LogP contribution in [-0.2, 0) is 9.53 Å². The van der Waals surface area contributed by atoms with Gasteiger partial charge in [-0.25, -0.2) is 4.39 Å². The summed E-state index contributed by atoms with van der Waals surface area (Å²) in [5.74, 6) is -0.528. The number of esters is 1. The maximum atomic E-state index is 13.0. The maximum Gasteiger partial charge on any atom is 0.325 e. The summed E-state index contributed by atoms with van der Waals surface area (Å²) in [7, 11) is 1.77. The molecule has 0 saturated heterocycles. The van der Waals surface area contributed by atoms with Gasteiger partial charge in [0.05, 0.1) is 6.61 Å². The van der Waals surface area contributed by atoms with Crippen molar-refractivity contribution in [2.24, 2.45) is 0 Å². The molecule has 0 radical (unpaired) electrons. The Labute approximate surface area is 94.8 Å². The smallest absolute Gasteiger partial charge is 0.325 e. The van der Waals surface area contributed by atoms with Crippen LogP contribution in [0.25, 0.3) is 0 Å². The molecular formula is C12H16FNO2. The van der Waals surface area contributed by atoms with Crippen molar-refractivity contribution >= 4 is 11.7 Å². The number of likely N-dealkylation sites (N-methyl/N-ethyl adjacent to an activating group) is 1. The van der Waals surface area contributed by atoms with Gasteiger partial charge in [-0.15, -0.1) is 0 Å². The third-order valence-electron chi connectivity index (χ3n) is 2.25. The topological polar surface area (TPSA) is 29.5 Å². The molecule has 4 heteroatoms. The van der Waals surface area contributed by atoms with Crippen molar-refractivity contribution in [3.05, 3.63) is 29.6 Å². The second-order valence-corrected chi connectivity index (χ2v) is 3.59. The Balaban J connectivity index is 2.69. The standard InChI is InChI=1S/C12H16FNO2/c1-4-16-12(15)8-14(3)10-5-6-11(13)9(2)7-10/h5-7H,4,8H2,1-3H3. The lowest BCUT2D eigenvalue weighted by Gasteiger charge is -2.18. The highest BCUT2D eigenvalue weighted by Gasteiger charge is 2.09. The van der Waals surface area contributed by atoms with Gasteiger partial charge >= 0.3 is 5.97 Å². The van der Waals surface area contributed by atoms with Gasteiger partial charge in [0, 0.05) is 12.7 Å². The van der Waals surface area contributed by atoms with E-state index in [2.05, 4.69) is 0 Å². The lowest BCUT2D eigenvalue weighted by atomic mass is 10.2. The van der Waals surface area contributed by atoms with Crippen molar-refractivity contribution in [3.63, 3.8) is 0 Å². The minimum atomic E-state index is -0.285. The van der Waals surface area contributed by atoms with E-state index in [1.807, 2.05) is 0 Å². The SMILES string of the molecule is CCOC(=O)CN(C)c1ccc(F)c(C)c1. The number of carbonyl (C=O) groups excluding carboxylic acids is 1. The molecule has 1 aromatic rings. The van der Waals surface area contributed by atoms with Gasteiger partial charge in [-0.05, 0) is 37.6 Å². The number of rotatable bonds is 4. The van der Waals surface area contributed by atoms with Gasteiger partial charge in [0.25, 0.3) is 0 Å². The quantitative estimate of drug-likeness (QED) is 0.735. The molecule has 3 nitrogen and oxygen atoms in total. The van der Waals surface area contributed by atoms with Crippen molar-refractivity contribution in [2.45, 2.75) is 13.8 Å². The number of aryl methyl sites for hydroxylation is 1. The summed E-state index contributed by atoms with van der Waals surface area (Å²) in [6.07, 6.45) is 0. The minimum absolute atomic E-state index is 0.166. The first-order valence-corrected chi connectivity index (χ1v) is 5.17. The monoisotopic (exact) mass is 225 g/mol. The van der Waals surface area contributed by atoms with Crippen LogP contribution in [0.4, 0.5) is 10.1 Å². The number of hydrogen-bond acceptors (Lipinski definition) is 3. The van der Waals surface area contributed by atoms with E-state index in [9.17, 15) is 9.18 Å². The van der Waals surface area contributed by atoms with Gasteiger partial charge in [0.2, 0.25) is 0 Å². The van der Waals surface area contributed by atoms with Gasteiger partial charge in [0.15, 0.2) is 0 Å². The predicted molar refractivity (Wildman–Crippen MR) is 61.0 cm³/mol. The molecule has 0 aliphatic heterocycles. The number of hydrogen-bond donors (Lipinski definition) is 0. The molecule has 0 spiro atoms. The second-order valence-electron chi connectivity index (χ2n) is 3.59. The van der Waals surface area contributed by atoms with Crippen molar-refractivity contribution in [3.8, 4) is 0 Å². The van der Waals surface area contributed by atoms with Crippen LogP contribution in [0.2, 0.25) is 0 Å². The molecule has 0 aromatic heterocycles. The summed E-state index contributed by atoms with van der Waals surface area (Å²) in [6, 6.07) is 4.74. The van der Waals surface area contributed by atoms with E-state index in [1.54, 1.807) is 37.9 Å². The number of halogens is 1. The molecule has 0 saturated carbocycles. The molecule has 0 heterocycles. The average molecular weight is 225 g/mol. The Morgan fingerprint density at radius 1 is 1.50 bits per heavy atom. The summed E-state index contributed by atoms with van der Waals surface area (Å²) in [4.78, 5) is 13.0. The van der Waals surface area contributed by atoms with Crippen molar-refractivity contribution in [2.75, 3.05) is 25.1 Å². The summed E-state index contributed by atoms with van der Waals surface area (Å²) in [5, 5.41) is 0. The van der Waals surface area contributed by atoms with Crippen LogP contribution in [0, 0.1) is 12.7 Å². The molecule has 0 aliphatic carbocycles. The van der Waals surface area contributed by atoms with E-state index in [1.165, 1.54) is 6.07 Å². The molecule has 1 aromatic carbocycles. The van der Waals surface area contributed by atoms with Gasteiger partial charge < -0.3 is 9.64 Å². The van der Waals surface area contributed by atoms with Crippen LogP contribution in [0.5, 0.6) is 0 Å². The molecule has 88 valence electrons. The zero-order valence-electron chi connectivity index (χ0n) is 9.79. The largest absolute Gasteiger partial charge is 0.465 e. The molecule has 0 aliphatic rings. The van der Waals surface area contributed by atoms with E-state index >= 15 is 0 Å². The maximum absolute atomic E-state index is 13.0. The van der Waals surface area contributed by atoms with Gasteiger partial charge in [-0.2, -0.15) is 0 Å². The molecule has 0 atom stereocenters. The van der Waals surface area contributed by atoms with Crippen LogP contribution in [0.15, 0.2) is 18.2 Å². The van der Waals surface area contributed by atoms with Crippen molar-refractivity contribution < 1.29 is 13.9 Å². The van der Waals surface area contributed by atoms with E-state index in [0.29, 0.717) is 12.2 Å². The molecule has 0 unspecified atom stereocenters. The third kappa shape index (κ3) is 3.22. The molecule has 1 rings (SSSR count). The fraction of sp³-hybridized carbons (Fsp3) is 0.417. The number of benzene rings is 1. The summed E-state index contributed by atoms with van der Waals surface area (Å²) in [6.45, 7) is 3.99. The second kappa shape index (κ2) is 5.49. The van der Waals surface area contributed by atoms with E-state index in [0.717, 1.165) is 5.69 Å². The number of nitrogens with zero attached hydrogens (tertiary/aromatic N) is 1. The third-order valence-corrected chi connectivity index (χ3v) is 2.25. The van der Waals surface area contributed by atoms with Gasteiger partial charge in [0.1, 0.15) is 12.4 Å². The van der Waals surface area contributed by atoms with Crippen LogP contribution >= 0.6 is 0 Å². The fourth-order valence-corrected chi connectivity index (χ4v) is 1.36. The Bertz CT molecular complexity index is 379. The number of anilines is 1. The van der Waals surface area contributed by atoms with E-state index in [4.69, 9.17) is 4.74 Å². The summed E-state index contributed by atoms with van der Waals surface area (Å²) < 4.78 is 17.9. The van der Waals surface area contributed by atoms with Crippen LogP contribution in [-0.4, -0.2) is 26.2 Å². The fourth-order valence-electron chi connectivity index (χ4n) is 1.36. The summed E-state index contributed by atoms with van der Waals surface area (Å²) in [5.41, 5.74) is 1.36. The first-order chi connectivity index (χ1) is 7.54. The van der Waals surface area contributed by atoms with E-state index in [-0.39, 0.29) is 18.3 Å². The molecule has 0 N–H and O–H groups in total. The predicted octanol–water partition coefficient (Wildman–Crippen LogP) is 2.13. The number of carbonyl (C=O) groups is 1. The highest BCUT2D eigenvalue weighted by atomic mass is 19.1. The highest BCUT2D eigenvalue weighted by molar-refractivity contribution is 5.75. The normalized spacial score (nSPS) is 10.0. The first-order valence-electron chi connectivity index (χ1n) is 5.17. The number of ether oxygens (including phenoxy) is 1. The molecule has 16 heavy (non-hydrogen) atoms. The van der Waals surface area contributed by atoms with Gasteiger partial charge in [-0.3, -0.25) is 4.79 Å². The molecular weight excluding hydrogens is 209 g/mol. The first kappa shape index (κ1) is 12.5. The Morgan fingerprint density at radius 2 is 2.19 bits per heavy atom. The van der Waals surface area contributed by atoms with E-state index < -0.39 is 0 Å². The lowest BCUT2D eigenvalue weighted by molar-refractivity contribution is -0.141. The zero-order chi connectivity index (χ0) is 12.1. The highest BCUT2D eigenvalue weighted by Crippen LogP contribution is 2.16. The summed E-state index contributed by atoms with van der Waals surface area (Å²) >= 11 is 0. The minimum Gasteiger partial charge on any atom is -0.465 e.